The van der Waals surface area contributed by atoms with Gasteiger partial charge < -0.3 is 11.1 Å². The number of amides is 1. The summed E-state index contributed by atoms with van der Waals surface area (Å²) in [6, 6.07) is 6.78. The molecule has 8 heteroatoms. The fraction of sp³-hybridized carbons (Fsp3) is 0.267. The van der Waals surface area contributed by atoms with Crippen LogP contribution in [-0.4, -0.2) is 21.6 Å². The van der Waals surface area contributed by atoms with Crippen molar-refractivity contribution in [1.29, 1.82) is 0 Å². The highest BCUT2D eigenvalue weighted by atomic mass is 79.9. The van der Waals surface area contributed by atoms with Crippen molar-refractivity contribution in [3.05, 3.63) is 44.7 Å². The van der Waals surface area contributed by atoms with Crippen LogP contribution in [0.15, 0.2) is 38.7 Å². The van der Waals surface area contributed by atoms with Gasteiger partial charge in [0.1, 0.15) is 5.69 Å². The van der Waals surface area contributed by atoms with Crippen molar-refractivity contribution in [2.75, 3.05) is 16.8 Å². The van der Waals surface area contributed by atoms with E-state index in [0.717, 1.165) is 23.1 Å². The highest BCUT2D eigenvalue weighted by Crippen LogP contribution is 2.18. The summed E-state index contributed by atoms with van der Waals surface area (Å²) in [4.78, 5) is 31.0. The highest BCUT2D eigenvalue weighted by Gasteiger charge is 2.14. The summed E-state index contributed by atoms with van der Waals surface area (Å²) in [5.74, 6) is 0.449. The number of anilines is 2. The second-order valence-electron chi connectivity index (χ2n) is 4.79. The van der Waals surface area contributed by atoms with Crippen molar-refractivity contribution in [1.82, 2.24) is 9.97 Å². The monoisotopic (exact) mass is 396 g/mol. The van der Waals surface area contributed by atoms with Crippen molar-refractivity contribution < 1.29 is 4.79 Å². The summed E-state index contributed by atoms with van der Waals surface area (Å²) >= 11 is 4.73. The van der Waals surface area contributed by atoms with Crippen molar-refractivity contribution >= 4 is 45.1 Å². The second kappa shape index (κ2) is 8.16. The maximum atomic E-state index is 12.2. The van der Waals surface area contributed by atoms with Crippen LogP contribution in [0.5, 0.6) is 0 Å². The molecule has 0 aliphatic heterocycles. The minimum Gasteiger partial charge on any atom is -0.382 e. The molecule has 4 N–H and O–H groups in total. The number of nitrogens with one attached hydrogen (secondary N) is 2. The first-order chi connectivity index (χ1) is 11.0. The first-order valence-corrected chi connectivity index (χ1v) is 8.88. The van der Waals surface area contributed by atoms with Gasteiger partial charge in [0.15, 0.2) is 11.0 Å². The standard InChI is InChI=1S/C15H17BrN4O2S/c1-2-3-8-23-15-19-12(17)11(14(22)20-15)18-13(21)9-4-6-10(16)7-5-9/h4-7H,2-3,8H2,1H3,(H,18,21)(H3,17,19,20,22). The molecular formula is C15H17BrN4O2S. The Balaban J connectivity index is 2.15. The molecule has 23 heavy (non-hydrogen) atoms. The number of carbonyl (C=O) groups excluding carboxylic acids is 1. The van der Waals surface area contributed by atoms with Gasteiger partial charge in [-0.05, 0) is 30.7 Å². The lowest BCUT2D eigenvalue weighted by Gasteiger charge is -2.08. The van der Waals surface area contributed by atoms with E-state index >= 15 is 0 Å². The summed E-state index contributed by atoms with van der Waals surface area (Å²) in [5.41, 5.74) is 5.75. The normalized spacial score (nSPS) is 10.5. The Labute approximate surface area is 146 Å². The van der Waals surface area contributed by atoms with Gasteiger partial charge >= 0.3 is 0 Å². The van der Waals surface area contributed by atoms with E-state index in [1.807, 2.05) is 0 Å². The summed E-state index contributed by atoms with van der Waals surface area (Å²) in [5, 5.41) is 2.97. The third-order valence-electron chi connectivity index (χ3n) is 3.01. The molecule has 1 aromatic heterocycles. The Hall–Kier alpha value is -1.80. The lowest BCUT2D eigenvalue weighted by Crippen LogP contribution is -2.23. The van der Waals surface area contributed by atoms with Crippen LogP contribution < -0.4 is 16.6 Å². The number of hydrogen-bond donors (Lipinski definition) is 3. The Bertz CT molecular complexity index is 746. The molecule has 0 radical (unpaired) electrons. The summed E-state index contributed by atoms with van der Waals surface area (Å²) in [7, 11) is 0. The molecule has 0 spiro atoms. The van der Waals surface area contributed by atoms with Gasteiger partial charge in [0, 0.05) is 15.8 Å². The molecule has 1 amide bonds. The van der Waals surface area contributed by atoms with Crippen molar-refractivity contribution in [3.8, 4) is 0 Å². The number of halogens is 1. The fourth-order valence-corrected chi connectivity index (χ4v) is 2.98. The third-order valence-corrected chi connectivity index (χ3v) is 4.50. The molecule has 0 saturated carbocycles. The quantitative estimate of drug-likeness (QED) is 0.395. The molecule has 0 unspecified atom stereocenters. The van der Waals surface area contributed by atoms with Gasteiger partial charge in [-0.25, -0.2) is 4.98 Å². The molecule has 2 aromatic rings. The van der Waals surface area contributed by atoms with E-state index in [1.165, 1.54) is 11.8 Å². The molecule has 0 atom stereocenters. The first-order valence-electron chi connectivity index (χ1n) is 7.10. The zero-order valence-electron chi connectivity index (χ0n) is 12.6. The number of aromatic amines is 1. The van der Waals surface area contributed by atoms with Crippen LogP contribution >= 0.6 is 27.7 Å². The van der Waals surface area contributed by atoms with E-state index in [4.69, 9.17) is 5.73 Å². The van der Waals surface area contributed by atoms with E-state index in [-0.39, 0.29) is 11.5 Å². The fourth-order valence-electron chi connectivity index (χ4n) is 1.76. The van der Waals surface area contributed by atoms with Crippen LogP contribution in [0.1, 0.15) is 30.1 Å². The lowest BCUT2D eigenvalue weighted by molar-refractivity contribution is 0.102. The number of H-pyrrole nitrogens is 1. The van der Waals surface area contributed by atoms with E-state index in [9.17, 15) is 9.59 Å². The average Bonchev–Trinajstić information content (AvgIpc) is 2.51. The van der Waals surface area contributed by atoms with Crippen LogP contribution in [0.4, 0.5) is 11.5 Å². The van der Waals surface area contributed by atoms with Gasteiger partial charge in [-0.3, -0.25) is 14.6 Å². The predicted molar refractivity (Wildman–Crippen MR) is 97.0 cm³/mol. The van der Waals surface area contributed by atoms with E-state index in [1.54, 1.807) is 24.3 Å². The van der Waals surface area contributed by atoms with Gasteiger partial charge in [0.25, 0.3) is 11.5 Å². The van der Waals surface area contributed by atoms with Gasteiger partial charge in [0.05, 0.1) is 0 Å². The van der Waals surface area contributed by atoms with E-state index < -0.39 is 11.5 Å². The summed E-state index contributed by atoms with van der Waals surface area (Å²) in [6.45, 7) is 2.09. The molecule has 0 aliphatic carbocycles. The number of rotatable bonds is 6. The molecular weight excluding hydrogens is 380 g/mol. The largest absolute Gasteiger partial charge is 0.382 e. The van der Waals surface area contributed by atoms with Crippen molar-refractivity contribution in [3.63, 3.8) is 0 Å². The zero-order chi connectivity index (χ0) is 16.8. The summed E-state index contributed by atoms with van der Waals surface area (Å²) in [6.07, 6.45) is 2.09. The van der Waals surface area contributed by atoms with E-state index in [2.05, 4.69) is 38.1 Å². The van der Waals surface area contributed by atoms with Crippen molar-refractivity contribution in [2.24, 2.45) is 0 Å². The number of nitrogens with zero attached hydrogens (tertiary/aromatic N) is 1. The van der Waals surface area contributed by atoms with Crippen LogP contribution in [-0.2, 0) is 0 Å². The maximum Gasteiger partial charge on any atom is 0.277 e. The number of carbonyl (C=O) groups is 1. The van der Waals surface area contributed by atoms with Crippen LogP contribution in [0, 0.1) is 0 Å². The Morgan fingerprint density at radius 2 is 2.09 bits per heavy atom. The number of unbranched alkanes of at least 4 members (excludes halogenated alkanes) is 1. The first kappa shape index (κ1) is 17.6. The molecule has 1 aromatic carbocycles. The van der Waals surface area contributed by atoms with Gasteiger partial charge in [-0.1, -0.05) is 41.0 Å². The van der Waals surface area contributed by atoms with E-state index in [0.29, 0.717) is 10.7 Å². The Morgan fingerprint density at radius 3 is 2.70 bits per heavy atom. The van der Waals surface area contributed by atoms with Gasteiger partial charge in [0.2, 0.25) is 0 Å². The van der Waals surface area contributed by atoms with Crippen molar-refractivity contribution in [2.45, 2.75) is 24.9 Å². The summed E-state index contributed by atoms with van der Waals surface area (Å²) < 4.78 is 0.863. The third kappa shape index (κ3) is 4.84. The smallest absolute Gasteiger partial charge is 0.277 e. The number of benzene rings is 1. The van der Waals surface area contributed by atoms with Crippen LogP contribution in [0.25, 0.3) is 0 Å². The number of nitrogens with two attached hydrogens (primary N) is 1. The Kier molecular flexibility index (Phi) is 6.23. The minimum absolute atomic E-state index is 0.0122. The average molecular weight is 397 g/mol. The predicted octanol–water partition coefficient (Wildman–Crippen LogP) is 3.26. The molecule has 1 heterocycles. The number of hydrogen-bond acceptors (Lipinski definition) is 5. The molecule has 0 fully saturated rings. The lowest BCUT2D eigenvalue weighted by atomic mass is 10.2. The molecule has 2 rings (SSSR count). The highest BCUT2D eigenvalue weighted by molar-refractivity contribution is 9.10. The minimum atomic E-state index is -0.457. The molecule has 6 nitrogen and oxygen atoms in total. The number of thioether (sulfide) groups is 1. The molecule has 122 valence electrons. The van der Waals surface area contributed by atoms with Gasteiger partial charge in [-0.2, -0.15) is 0 Å². The molecule has 0 saturated heterocycles. The Morgan fingerprint density at radius 1 is 1.39 bits per heavy atom. The molecule has 0 bridgehead atoms. The maximum absolute atomic E-state index is 12.2. The zero-order valence-corrected chi connectivity index (χ0v) is 15.0. The van der Waals surface area contributed by atoms with Gasteiger partial charge in [-0.15, -0.1) is 0 Å². The second-order valence-corrected chi connectivity index (χ2v) is 6.79. The molecule has 0 aliphatic rings. The topological polar surface area (TPSA) is 101 Å². The number of aromatic nitrogens is 2. The number of nitrogen functional groups attached to an aromatic ring is 1. The van der Waals surface area contributed by atoms with Crippen LogP contribution in [0.3, 0.4) is 0 Å². The SMILES string of the molecule is CCCCSc1nc(N)c(NC(=O)c2ccc(Br)cc2)c(=O)[nH]1. The van der Waals surface area contributed by atoms with Crippen LogP contribution in [0.2, 0.25) is 0 Å².